The van der Waals surface area contributed by atoms with Gasteiger partial charge in [0.05, 0.1) is 0 Å². The van der Waals surface area contributed by atoms with E-state index in [2.05, 4.69) is 0 Å². The van der Waals surface area contributed by atoms with Gasteiger partial charge in [0.15, 0.2) is 0 Å². The zero-order chi connectivity index (χ0) is 16.1. The summed E-state index contributed by atoms with van der Waals surface area (Å²) in [7, 11) is -9.49. The third-order valence-electron chi connectivity index (χ3n) is 2.12. The van der Waals surface area contributed by atoms with Gasteiger partial charge in [0.2, 0.25) is 5.91 Å². The summed E-state index contributed by atoms with van der Waals surface area (Å²) in [6.45, 7) is 0. The minimum absolute atomic E-state index is 0.407. The molecule has 0 rings (SSSR count). The van der Waals surface area contributed by atoms with Crippen molar-refractivity contribution in [1.82, 2.24) is 4.90 Å². The Morgan fingerprint density at radius 3 is 1.70 bits per heavy atom. The molecule has 1 amide bonds. The van der Waals surface area contributed by atoms with E-state index in [1.807, 2.05) is 0 Å². The van der Waals surface area contributed by atoms with Crippen molar-refractivity contribution in [2.75, 3.05) is 12.6 Å². The van der Waals surface area contributed by atoms with Crippen LogP contribution in [-0.4, -0.2) is 60.1 Å². The Hall–Kier alpha value is -0.800. The van der Waals surface area contributed by atoms with Gasteiger partial charge in [-0.2, -0.15) is 0 Å². The van der Waals surface area contributed by atoms with Crippen LogP contribution in [0.1, 0.15) is 12.8 Å². The average Bonchev–Trinajstić information content (AvgIpc) is 2.10. The second-order valence-electron chi connectivity index (χ2n) is 4.06. The molecule has 11 nitrogen and oxygen atoms in total. The van der Waals surface area contributed by atoms with Crippen molar-refractivity contribution in [1.29, 1.82) is 0 Å². The predicted octanol–water partition coefficient (Wildman–Crippen LogP) is -1.72. The van der Waals surface area contributed by atoms with Crippen molar-refractivity contribution < 1.29 is 43.4 Å². The van der Waals surface area contributed by atoms with Crippen molar-refractivity contribution in [3.05, 3.63) is 0 Å². The molecule has 13 heteroatoms. The minimum Gasteiger partial charge on any atom is -0.480 e. The molecule has 0 unspecified atom stereocenters. The highest BCUT2D eigenvalue weighted by Crippen LogP contribution is 2.42. The van der Waals surface area contributed by atoms with Gasteiger partial charge >= 0.3 is 21.2 Å². The summed E-state index contributed by atoms with van der Waals surface area (Å²) in [6, 6.07) is -1.65. The summed E-state index contributed by atoms with van der Waals surface area (Å²) in [5.41, 5.74) is 4.84. The SMILES string of the molecule is NC(=O)CC[C@@H](C(=O)O)N(CP(=O)(O)O)CP(=O)(O)O. The van der Waals surface area contributed by atoms with Gasteiger partial charge in [0.25, 0.3) is 0 Å². The first-order valence-electron chi connectivity index (χ1n) is 5.16. The Balaban J connectivity index is 5.19. The topological polar surface area (TPSA) is 199 Å². The van der Waals surface area contributed by atoms with Crippen molar-refractivity contribution in [3.63, 3.8) is 0 Å². The van der Waals surface area contributed by atoms with Gasteiger partial charge in [-0.15, -0.1) is 0 Å². The fourth-order valence-electron chi connectivity index (χ4n) is 1.46. The normalized spacial score (nSPS) is 14.2. The van der Waals surface area contributed by atoms with Crippen LogP contribution in [-0.2, 0) is 18.7 Å². The van der Waals surface area contributed by atoms with E-state index < -0.39 is 58.5 Å². The highest BCUT2D eigenvalue weighted by molar-refractivity contribution is 7.52. The fraction of sp³-hybridized carbons (Fsp3) is 0.714. The summed E-state index contributed by atoms with van der Waals surface area (Å²) in [5, 5.41) is 8.95. The first kappa shape index (κ1) is 19.2. The molecule has 0 fully saturated rings. The Morgan fingerprint density at radius 2 is 1.45 bits per heavy atom. The average molecular weight is 334 g/mol. The van der Waals surface area contributed by atoms with Gasteiger partial charge < -0.3 is 30.4 Å². The second-order valence-corrected chi connectivity index (χ2v) is 7.28. The number of nitrogens with two attached hydrogens (primary N) is 1. The first-order valence-corrected chi connectivity index (χ1v) is 8.75. The second kappa shape index (κ2) is 7.28. The lowest BCUT2D eigenvalue weighted by Gasteiger charge is -2.28. The number of carbonyl (C=O) groups is 2. The molecule has 0 aromatic rings. The quantitative estimate of drug-likeness (QED) is 0.263. The molecule has 20 heavy (non-hydrogen) atoms. The van der Waals surface area contributed by atoms with Crippen molar-refractivity contribution in [2.24, 2.45) is 5.73 Å². The van der Waals surface area contributed by atoms with E-state index in [4.69, 9.17) is 30.4 Å². The standard InChI is InChI=1S/C7H16N2O9P2/c8-6(10)2-1-5(7(11)12)9(3-19(13,14)15)4-20(16,17)18/h5H,1-4H2,(H2,8,10)(H,11,12)(H2,13,14,15)(H2,16,17,18)/t5-/m0/s1. The Kier molecular flexibility index (Phi) is 6.99. The Morgan fingerprint density at radius 1 is 1.05 bits per heavy atom. The summed E-state index contributed by atoms with van der Waals surface area (Å²) < 4.78 is 21.8. The summed E-state index contributed by atoms with van der Waals surface area (Å²) >= 11 is 0. The molecule has 0 aromatic carbocycles. The summed E-state index contributed by atoms with van der Waals surface area (Å²) in [5.74, 6) is -2.42. The number of nitrogens with zero attached hydrogens (tertiary/aromatic N) is 1. The van der Waals surface area contributed by atoms with E-state index in [0.29, 0.717) is 4.90 Å². The smallest absolute Gasteiger partial charge is 0.339 e. The molecule has 0 aliphatic carbocycles. The highest BCUT2D eigenvalue weighted by atomic mass is 31.2. The number of carboxylic acid groups (broad SMARTS) is 1. The number of aliphatic carboxylic acids is 1. The Bertz CT molecular complexity index is 431. The summed E-state index contributed by atoms with van der Waals surface area (Å²) in [6.07, 6.45) is -3.15. The predicted molar refractivity (Wildman–Crippen MR) is 65.5 cm³/mol. The Labute approximate surface area is 113 Å². The number of rotatable bonds is 9. The largest absolute Gasteiger partial charge is 0.480 e. The maximum atomic E-state index is 11.0. The van der Waals surface area contributed by atoms with Crippen LogP contribution in [0.15, 0.2) is 0 Å². The van der Waals surface area contributed by atoms with Crippen LogP contribution in [0.3, 0.4) is 0 Å². The zero-order valence-corrected chi connectivity index (χ0v) is 12.0. The molecule has 1 atom stereocenters. The van der Waals surface area contributed by atoms with Crippen LogP contribution in [0, 0.1) is 0 Å². The number of primary amides is 1. The van der Waals surface area contributed by atoms with E-state index in [9.17, 15) is 18.7 Å². The van der Waals surface area contributed by atoms with Crippen molar-refractivity contribution in [3.8, 4) is 0 Å². The number of carbonyl (C=O) groups excluding carboxylic acids is 1. The fourth-order valence-corrected chi connectivity index (χ4v) is 3.15. The molecule has 0 aliphatic heterocycles. The highest BCUT2D eigenvalue weighted by Gasteiger charge is 2.34. The van der Waals surface area contributed by atoms with Gasteiger partial charge in [-0.3, -0.25) is 23.6 Å². The van der Waals surface area contributed by atoms with Crippen LogP contribution in [0.5, 0.6) is 0 Å². The molecular formula is C7H16N2O9P2. The first-order chi connectivity index (χ1) is 8.82. The third kappa shape index (κ3) is 9.16. The molecule has 0 heterocycles. The monoisotopic (exact) mass is 334 g/mol. The van der Waals surface area contributed by atoms with E-state index in [-0.39, 0.29) is 0 Å². The summed E-state index contributed by atoms with van der Waals surface area (Å²) in [4.78, 5) is 57.4. The number of hydrogen-bond acceptors (Lipinski definition) is 5. The van der Waals surface area contributed by atoms with Crippen molar-refractivity contribution in [2.45, 2.75) is 18.9 Å². The van der Waals surface area contributed by atoms with Crippen LogP contribution in [0.4, 0.5) is 0 Å². The van der Waals surface area contributed by atoms with E-state index in [1.54, 1.807) is 0 Å². The van der Waals surface area contributed by atoms with Gasteiger partial charge in [-0.1, -0.05) is 0 Å². The van der Waals surface area contributed by atoms with Crippen LogP contribution >= 0.6 is 15.2 Å². The molecular weight excluding hydrogens is 318 g/mol. The number of hydrogen-bond donors (Lipinski definition) is 6. The van der Waals surface area contributed by atoms with Crippen LogP contribution in [0.2, 0.25) is 0 Å². The van der Waals surface area contributed by atoms with E-state index in [1.165, 1.54) is 0 Å². The lowest BCUT2D eigenvalue weighted by Crippen LogP contribution is -2.42. The molecule has 118 valence electrons. The molecule has 7 N–H and O–H groups in total. The van der Waals surface area contributed by atoms with Crippen LogP contribution in [0.25, 0.3) is 0 Å². The van der Waals surface area contributed by atoms with Gasteiger partial charge in [-0.05, 0) is 6.42 Å². The molecule has 0 bridgehead atoms. The lowest BCUT2D eigenvalue weighted by molar-refractivity contribution is -0.143. The maximum Gasteiger partial charge on any atom is 0.339 e. The zero-order valence-electron chi connectivity index (χ0n) is 10.2. The van der Waals surface area contributed by atoms with E-state index in [0.717, 1.165) is 0 Å². The molecule has 0 radical (unpaired) electrons. The van der Waals surface area contributed by atoms with Gasteiger partial charge in [-0.25, -0.2) is 0 Å². The third-order valence-corrected chi connectivity index (χ3v) is 3.59. The van der Waals surface area contributed by atoms with Crippen LogP contribution < -0.4 is 5.73 Å². The molecule has 0 aromatic heterocycles. The maximum absolute atomic E-state index is 11.0. The molecule has 0 saturated heterocycles. The number of amides is 1. The number of carboxylic acids is 1. The molecule has 0 saturated carbocycles. The van der Waals surface area contributed by atoms with Crippen molar-refractivity contribution >= 4 is 27.1 Å². The van der Waals surface area contributed by atoms with E-state index >= 15 is 0 Å². The molecule has 0 spiro atoms. The molecule has 0 aliphatic rings. The minimum atomic E-state index is -4.75. The van der Waals surface area contributed by atoms with Gasteiger partial charge in [0, 0.05) is 6.42 Å². The van der Waals surface area contributed by atoms with Gasteiger partial charge in [0.1, 0.15) is 18.6 Å². The lowest BCUT2D eigenvalue weighted by atomic mass is 10.1.